The number of hydrogen-bond donors (Lipinski definition) is 2. The van der Waals surface area contributed by atoms with Crippen molar-refractivity contribution in [1.29, 1.82) is 5.26 Å². The van der Waals surface area contributed by atoms with Gasteiger partial charge in [0.15, 0.2) is 0 Å². The molecule has 0 saturated heterocycles. The molecule has 0 fully saturated rings. The lowest BCUT2D eigenvalue weighted by Crippen LogP contribution is -2.23. The number of benzene rings is 2. The maximum Gasteiger partial charge on any atom is 0.243 e. The first-order valence-corrected chi connectivity index (χ1v) is 7.82. The van der Waals surface area contributed by atoms with Crippen LogP contribution < -0.4 is 10.6 Å². The highest BCUT2D eigenvalue weighted by Crippen LogP contribution is 2.22. The van der Waals surface area contributed by atoms with Crippen LogP contribution in [0.1, 0.15) is 30.5 Å². The first kappa shape index (κ1) is 16.6. The van der Waals surface area contributed by atoms with Crippen molar-refractivity contribution in [3.8, 4) is 6.07 Å². The molecule has 0 heterocycles. The average Bonchev–Trinajstić information content (AvgIpc) is 2.60. The number of carbonyl (C=O) groups excluding carboxylic acids is 1. The molecule has 0 radical (unpaired) electrons. The van der Waals surface area contributed by atoms with E-state index in [0.717, 1.165) is 35.3 Å². The second kappa shape index (κ2) is 8.00. The van der Waals surface area contributed by atoms with Crippen LogP contribution in [0.3, 0.4) is 0 Å². The molecule has 2 rings (SSSR count). The number of para-hydroxylation sites is 1. The van der Waals surface area contributed by atoms with E-state index < -0.39 is 0 Å². The number of rotatable bonds is 6. The predicted octanol–water partition coefficient (Wildman–Crippen LogP) is 3.73. The Morgan fingerprint density at radius 2 is 1.74 bits per heavy atom. The van der Waals surface area contributed by atoms with E-state index in [9.17, 15) is 4.79 Å². The maximum absolute atomic E-state index is 12.2. The van der Waals surface area contributed by atoms with Gasteiger partial charge in [-0.3, -0.25) is 4.79 Å². The molecule has 0 unspecified atom stereocenters. The number of nitrogens with zero attached hydrogens (tertiary/aromatic N) is 1. The topological polar surface area (TPSA) is 64.9 Å². The number of carbonyl (C=O) groups is 1. The van der Waals surface area contributed by atoms with Crippen LogP contribution >= 0.6 is 0 Å². The number of anilines is 2. The summed E-state index contributed by atoms with van der Waals surface area (Å²) >= 11 is 0. The lowest BCUT2D eigenvalue weighted by molar-refractivity contribution is -0.114. The van der Waals surface area contributed by atoms with Crippen LogP contribution in [0.4, 0.5) is 11.4 Å². The number of aryl methyl sites for hydroxylation is 2. The Morgan fingerprint density at radius 3 is 2.35 bits per heavy atom. The fourth-order valence-corrected chi connectivity index (χ4v) is 2.47. The summed E-state index contributed by atoms with van der Waals surface area (Å²) in [5.74, 6) is -0.0945. The summed E-state index contributed by atoms with van der Waals surface area (Å²) in [6.07, 6.45) is 1.75. The quantitative estimate of drug-likeness (QED) is 0.854. The van der Waals surface area contributed by atoms with Gasteiger partial charge < -0.3 is 10.6 Å². The molecule has 0 aromatic heterocycles. The Morgan fingerprint density at radius 1 is 1.09 bits per heavy atom. The largest absolute Gasteiger partial charge is 0.376 e. The van der Waals surface area contributed by atoms with Crippen molar-refractivity contribution in [3.63, 3.8) is 0 Å². The first-order valence-electron chi connectivity index (χ1n) is 7.82. The molecule has 118 valence electrons. The Balaban J connectivity index is 2.04. The zero-order chi connectivity index (χ0) is 16.7. The van der Waals surface area contributed by atoms with Crippen LogP contribution in [0, 0.1) is 11.3 Å². The Kier molecular flexibility index (Phi) is 5.76. The van der Waals surface area contributed by atoms with Gasteiger partial charge in [0.25, 0.3) is 0 Å². The number of hydrogen-bond acceptors (Lipinski definition) is 3. The molecule has 0 aliphatic heterocycles. The van der Waals surface area contributed by atoms with Crippen LogP contribution in [0.5, 0.6) is 0 Å². The van der Waals surface area contributed by atoms with Crippen LogP contribution in [0.15, 0.2) is 42.5 Å². The van der Waals surface area contributed by atoms with Crippen LogP contribution in [-0.2, 0) is 17.6 Å². The molecule has 2 N–H and O–H groups in total. The molecular formula is C19H21N3O. The van der Waals surface area contributed by atoms with E-state index >= 15 is 0 Å². The standard InChI is InChI=1S/C19H21N3O/c1-3-15-8-6-9-16(4-2)19(15)22-18(23)13-21-17-10-5-7-14(11-17)12-20/h5-11,21H,3-4,13H2,1-2H3,(H,22,23). The second-order valence-corrected chi connectivity index (χ2v) is 5.25. The van der Waals surface area contributed by atoms with Crippen molar-refractivity contribution in [2.45, 2.75) is 26.7 Å². The Labute approximate surface area is 137 Å². The third kappa shape index (κ3) is 4.33. The number of nitrogens with one attached hydrogen (secondary N) is 2. The van der Waals surface area contributed by atoms with Crippen molar-refractivity contribution in [2.24, 2.45) is 0 Å². The maximum atomic E-state index is 12.2. The zero-order valence-electron chi connectivity index (χ0n) is 13.5. The van der Waals surface area contributed by atoms with E-state index in [4.69, 9.17) is 5.26 Å². The summed E-state index contributed by atoms with van der Waals surface area (Å²) in [6.45, 7) is 4.32. The summed E-state index contributed by atoms with van der Waals surface area (Å²) in [5, 5.41) is 15.0. The predicted molar refractivity (Wildman–Crippen MR) is 93.5 cm³/mol. The van der Waals surface area contributed by atoms with Gasteiger partial charge in [-0.25, -0.2) is 0 Å². The van der Waals surface area contributed by atoms with Crippen LogP contribution in [-0.4, -0.2) is 12.5 Å². The van der Waals surface area contributed by atoms with E-state index in [-0.39, 0.29) is 12.5 Å². The van der Waals surface area contributed by atoms with E-state index in [1.54, 1.807) is 18.2 Å². The summed E-state index contributed by atoms with van der Waals surface area (Å²) in [6, 6.07) is 15.3. The fourth-order valence-electron chi connectivity index (χ4n) is 2.47. The molecule has 23 heavy (non-hydrogen) atoms. The SMILES string of the molecule is CCc1cccc(CC)c1NC(=O)CNc1cccc(C#N)c1. The third-order valence-corrected chi connectivity index (χ3v) is 3.71. The molecule has 0 atom stereocenters. The van der Waals surface area contributed by atoms with Gasteiger partial charge in [-0.1, -0.05) is 38.1 Å². The second-order valence-electron chi connectivity index (χ2n) is 5.25. The van der Waals surface area contributed by atoms with Gasteiger partial charge in [-0.15, -0.1) is 0 Å². The average molecular weight is 307 g/mol. The summed E-state index contributed by atoms with van der Waals surface area (Å²) < 4.78 is 0. The van der Waals surface area contributed by atoms with E-state index in [2.05, 4.69) is 30.6 Å². The van der Waals surface area contributed by atoms with Gasteiger partial charge in [-0.05, 0) is 42.2 Å². The van der Waals surface area contributed by atoms with Crippen LogP contribution in [0.2, 0.25) is 0 Å². The molecule has 1 amide bonds. The van der Waals surface area contributed by atoms with Crippen LogP contribution in [0.25, 0.3) is 0 Å². The van der Waals surface area contributed by atoms with Gasteiger partial charge in [0.1, 0.15) is 0 Å². The fraction of sp³-hybridized carbons (Fsp3) is 0.263. The minimum Gasteiger partial charge on any atom is -0.376 e. The van der Waals surface area contributed by atoms with Gasteiger partial charge in [0.2, 0.25) is 5.91 Å². The Hall–Kier alpha value is -2.80. The van der Waals surface area contributed by atoms with Crippen molar-refractivity contribution < 1.29 is 4.79 Å². The van der Waals surface area contributed by atoms with Crippen molar-refractivity contribution in [1.82, 2.24) is 0 Å². The van der Waals surface area contributed by atoms with Gasteiger partial charge in [0, 0.05) is 11.4 Å². The van der Waals surface area contributed by atoms with Crippen molar-refractivity contribution in [2.75, 3.05) is 17.2 Å². The van der Waals surface area contributed by atoms with E-state index in [0.29, 0.717) is 5.56 Å². The zero-order valence-corrected chi connectivity index (χ0v) is 13.5. The molecule has 0 aliphatic rings. The molecule has 2 aromatic rings. The van der Waals surface area contributed by atoms with Gasteiger partial charge >= 0.3 is 0 Å². The molecule has 4 heteroatoms. The summed E-state index contributed by atoms with van der Waals surface area (Å²) in [4.78, 5) is 12.2. The lowest BCUT2D eigenvalue weighted by Gasteiger charge is -2.15. The smallest absolute Gasteiger partial charge is 0.243 e. The molecule has 0 aliphatic carbocycles. The Bertz CT molecular complexity index is 709. The highest BCUT2D eigenvalue weighted by molar-refractivity contribution is 5.95. The monoisotopic (exact) mass is 307 g/mol. The van der Waals surface area contributed by atoms with Gasteiger partial charge in [-0.2, -0.15) is 5.26 Å². The normalized spacial score (nSPS) is 9.96. The van der Waals surface area contributed by atoms with E-state index in [1.165, 1.54) is 0 Å². The highest BCUT2D eigenvalue weighted by atomic mass is 16.1. The number of nitriles is 1. The van der Waals surface area contributed by atoms with Crippen molar-refractivity contribution in [3.05, 3.63) is 59.2 Å². The third-order valence-electron chi connectivity index (χ3n) is 3.71. The molecular weight excluding hydrogens is 286 g/mol. The molecule has 0 bridgehead atoms. The van der Waals surface area contributed by atoms with E-state index in [1.807, 2.05) is 24.3 Å². The van der Waals surface area contributed by atoms with Gasteiger partial charge in [0.05, 0.1) is 18.2 Å². The minimum atomic E-state index is -0.0945. The summed E-state index contributed by atoms with van der Waals surface area (Å²) in [7, 11) is 0. The lowest BCUT2D eigenvalue weighted by atomic mass is 10.0. The minimum absolute atomic E-state index is 0.0945. The highest BCUT2D eigenvalue weighted by Gasteiger charge is 2.10. The first-order chi connectivity index (χ1) is 11.2. The molecule has 0 spiro atoms. The molecule has 2 aromatic carbocycles. The molecule has 0 saturated carbocycles. The number of amides is 1. The molecule has 4 nitrogen and oxygen atoms in total. The van der Waals surface area contributed by atoms with Crippen molar-refractivity contribution >= 4 is 17.3 Å². The summed E-state index contributed by atoms with van der Waals surface area (Å²) in [5.41, 5.74) is 4.54.